The van der Waals surface area contributed by atoms with E-state index in [0.717, 1.165) is 18.8 Å². The van der Waals surface area contributed by atoms with Crippen LogP contribution in [0.25, 0.3) is 0 Å². The standard InChI is InChI=1S/C16H25NO/c1-11(2)18-16-13(4)12(3)5-6-15(16)14-7-9-17-10-8-14/h5-6,11,14,17H,7-10H2,1-4H3. The molecule has 1 aromatic rings. The van der Waals surface area contributed by atoms with E-state index in [4.69, 9.17) is 4.74 Å². The third-order valence-corrected chi connectivity index (χ3v) is 3.84. The van der Waals surface area contributed by atoms with Crippen LogP contribution in [0, 0.1) is 13.8 Å². The first-order valence-electron chi connectivity index (χ1n) is 7.07. The Hall–Kier alpha value is -1.02. The van der Waals surface area contributed by atoms with Gasteiger partial charge in [0.1, 0.15) is 5.75 Å². The van der Waals surface area contributed by atoms with Crippen molar-refractivity contribution in [1.82, 2.24) is 5.32 Å². The van der Waals surface area contributed by atoms with Gasteiger partial charge in [0.25, 0.3) is 0 Å². The van der Waals surface area contributed by atoms with Gasteiger partial charge in [-0.3, -0.25) is 0 Å². The van der Waals surface area contributed by atoms with Crippen molar-refractivity contribution < 1.29 is 4.74 Å². The first-order chi connectivity index (χ1) is 8.59. The lowest BCUT2D eigenvalue weighted by molar-refractivity contribution is 0.235. The van der Waals surface area contributed by atoms with Crippen molar-refractivity contribution in [2.24, 2.45) is 0 Å². The number of hydrogen-bond acceptors (Lipinski definition) is 2. The lowest BCUT2D eigenvalue weighted by Gasteiger charge is -2.27. The Kier molecular flexibility index (Phi) is 4.28. The first kappa shape index (κ1) is 13.4. The summed E-state index contributed by atoms with van der Waals surface area (Å²) < 4.78 is 6.09. The van der Waals surface area contributed by atoms with Crippen LogP contribution < -0.4 is 10.1 Å². The fourth-order valence-corrected chi connectivity index (χ4v) is 2.66. The second-order valence-electron chi connectivity index (χ2n) is 5.62. The summed E-state index contributed by atoms with van der Waals surface area (Å²) in [7, 11) is 0. The van der Waals surface area contributed by atoms with Gasteiger partial charge >= 0.3 is 0 Å². The molecular formula is C16H25NO. The molecule has 1 saturated heterocycles. The largest absolute Gasteiger partial charge is 0.490 e. The quantitative estimate of drug-likeness (QED) is 0.882. The highest BCUT2D eigenvalue weighted by Crippen LogP contribution is 2.36. The van der Waals surface area contributed by atoms with Gasteiger partial charge in [0.15, 0.2) is 0 Å². The van der Waals surface area contributed by atoms with Crippen LogP contribution >= 0.6 is 0 Å². The molecule has 2 rings (SSSR count). The molecule has 1 aliphatic rings. The van der Waals surface area contributed by atoms with Gasteiger partial charge in [-0.25, -0.2) is 0 Å². The minimum Gasteiger partial charge on any atom is -0.490 e. The van der Waals surface area contributed by atoms with E-state index in [9.17, 15) is 0 Å². The molecular weight excluding hydrogens is 222 g/mol. The molecule has 1 fully saturated rings. The Morgan fingerprint density at radius 1 is 1.17 bits per heavy atom. The smallest absolute Gasteiger partial charge is 0.126 e. The zero-order valence-corrected chi connectivity index (χ0v) is 12.0. The number of aryl methyl sites for hydroxylation is 1. The molecule has 0 amide bonds. The summed E-state index contributed by atoms with van der Waals surface area (Å²) in [4.78, 5) is 0. The summed E-state index contributed by atoms with van der Waals surface area (Å²) in [5.74, 6) is 1.79. The van der Waals surface area contributed by atoms with Crippen LogP contribution in [-0.2, 0) is 0 Å². The van der Waals surface area contributed by atoms with Crippen LogP contribution in [0.15, 0.2) is 12.1 Å². The average molecular weight is 247 g/mol. The summed E-state index contributed by atoms with van der Waals surface area (Å²) in [6.07, 6.45) is 2.68. The van der Waals surface area contributed by atoms with E-state index >= 15 is 0 Å². The van der Waals surface area contributed by atoms with Crippen LogP contribution in [0.3, 0.4) is 0 Å². The molecule has 2 nitrogen and oxygen atoms in total. The van der Waals surface area contributed by atoms with Crippen molar-refractivity contribution in [3.05, 3.63) is 28.8 Å². The van der Waals surface area contributed by atoms with E-state index in [-0.39, 0.29) is 6.10 Å². The zero-order chi connectivity index (χ0) is 13.1. The molecule has 0 radical (unpaired) electrons. The SMILES string of the molecule is Cc1ccc(C2CCNCC2)c(OC(C)C)c1C. The number of nitrogens with one attached hydrogen (secondary N) is 1. The molecule has 0 aliphatic carbocycles. The molecule has 0 aromatic heterocycles. The highest BCUT2D eigenvalue weighted by atomic mass is 16.5. The van der Waals surface area contributed by atoms with Crippen LogP contribution in [0.5, 0.6) is 5.75 Å². The molecule has 1 aliphatic heterocycles. The van der Waals surface area contributed by atoms with Crippen molar-refractivity contribution in [2.75, 3.05) is 13.1 Å². The molecule has 0 atom stereocenters. The summed E-state index contributed by atoms with van der Waals surface area (Å²) in [5, 5.41) is 3.43. The molecule has 2 heteroatoms. The summed E-state index contributed by atoms with van der Waals surface area (Å²) in [5.41, 5.74) is 4.04. The third kappa shape index (κ3) is 2.86. The maximum Gasteiger partial charge on any atom is 0.126 e. The van der Waals surface area contributed by atoms with E-state index in [0.29, 0.717) is 5.92 Å². The number of rotatable bonds is 3. The molecule has 1 aromatic carbocycles. The first-order valence-corrected chi connectivity index (χ1v) is 7.07. The Morgan fingerprint density at radius 3 is 2.44 bits per heavy atom. The van der Waals surface area contributed by atoms with Gasteiger partial charge < -0.3 is 10.1 Å². The number of benzene rings is 1. The van der Waals surface area contributed by atoms with Gasteiger partial charge in [-0.05, 0) is 76.2 Å². The van der Waals surface area contributed by atoms with Gasteiger partial charge in [0, 0.05) is 0 Å². The van der Waals surface area contributed by atoms with Gasteiger partial charge in [-0.1, -0.05) is 12.1 Å². The monoisotopic (exact) mass is 247 g/mol. The maximum atomic E-state index is 6.09. The summed E-state index contributed by atoms with van der Waals surface area (Å²) >= 11 is 0. The molecule has 0 spiro atoms. The Labute approximate surface area is 111 Å². The molecule has 18 heavy (non-hydrogen) atoms. The van der Waals surface area contributed by atoms with E-state index in [1.807, 2.05) is 0 Å². The maximum absolute atomic E-state index is 6.09. The number of piperidine rings is 1. The van der Waals surface area contributed by atoms with Gasteiger partial charge in [-0.15, -0.1) is 0 Å². The minimum atomic E-state index is 0.242. The van der Waals surface area contributed by atoms with Gasteiger partial charge in [0.05, 0.1) is 6.10 Å². The Morgan fingerprint density at radius 2 is 1.83 bits per heavy atom. The lowest BCUT2D eigenvalue weighted by Crippen LogP contribution is -2.27. The van der Waals surface area contributed by atoms with Crippen molar-refractivity contribution in [1.29, 1.82) is 0 Å². The number of ether oxygens (including phenoxy) is 1. The topological polar surface area (TPSA) is 21.3 Å². The predicted molar refractivity (Wildman–Crippen MR) is 76.5 cm³/mol. The molecule has 1 N–H and O–H groups in total. The van der Waals surface area contributed by atoms with Crippen LogP contribution in [0.4, 0.5) is 0 Å². The molecule has 0 bridgehead atoms. The Bertz CT molecular complexity index is 406. The lowest BCUT2D eigenvalue weighted by atomic mass is 9.87. The van der Waals surface area contributed by atoms with Crippen molar-refractivity contribution in [2.45, 2.75) is 52.6 Å². The van der Waals surface area contributed by atoms with Crippen LogP contribution in [0.2, 0.25) is 0 Å². The Balaban J connectivity index is 2.35. The molecule has 1 heterocycles. The predicted octanol–water partition coefficient (Wildman–Crippen LogP) is 3.56. The number of hydrogen-bond donors (Lipinski definition) is 1. The fourth-order valence-electron chi connectivity index (χ4n) is 2.66. The van der Waals surface area contributed by atoms with E-state index < -0.39 is 0 Å². The normalized spacial score (nSPS) is 17.2. The molecule has 0 unspecified atom stereocenters. The van der Waals surface area contributed by atoms with Crippen molar-refractivity contribution in [3.8, 4) is 5.75 Å². The summed E-state index contributed by atoms with van der Waals surface area (Å²) in [6, 6.07) is 4.51. The molecule has 100 valence electrons. The van der Waals surface area contributed by atoms with Gasteiger partial charge in [-0.2, -0.15) is 0 Å². The van der Waals surface area contributed by atoms with E-state index in [1.54, 1.807) is 0 Å². The van der Waals surface area contributed by atoms with E-state index in [1.165, 1.54) is 29.5 Å². The van der Waals surface area contributed by atoms with E-state index in [2.05, 4.69) is 45.1 Å². The highest BCUT2D eigenvalue weighted by molar-refractivity contribution is 5.47. The third-order valence-electron chi connectivity index (χ3n) is 3.84. The fraction of sp³-hybridized carbons (Fsp3) is 0.625. The summed E-state index contributed by atoms with van der Waals surface area (Å²) in [6.45, 7) is 10.8. The molecule has 0 saturated carbocycles. The van der Waals surface area contributed by atoms with Crippen molar-refractivity contribution >= 4 is 0 Å². The minimum absolute atomic E-state index is 0.242. The van der Waals surface area contributed by atoms with Crippen LogP contribution in [0.1, 0.15) is 49.3 Å². The second-order valence-corrected chi connectivity index (χ2v) is 5.62. The van der Waals surface area contributed by atoms with Crippen LogP contribution in [-0.4, -0.2) is 19.2 Å². The van der Waals surface area contributed by atoms with Gasteiger partial charge in [0.2, 0.25) is 0 Å². The average Bonchev–Trinajstić information content (AvgIpc) is 2.36. The highest BCUT2D eigenvalue weighted by Gasteiger charge is 2.21. The second kappa shape index (κ2) is 5.75. The zero-order valence-electron chi connectivity index (χ0n) is 12.0. The van der Waals surface area contributed by atoms with Crippen molar-refractivity contribution in [3.63, 3.8) is 0 Å².